The lowest BCUT2D eigenvalue weighted by atomic mass is 10.0. The molecule has 0 radical (unpaired) electrons. The summed E-state index contributed by atoms with van der Waals surface area (Å²) in [6, 6.07) is 90.0. The lowest BCUT2D eigenvalue weighted by Gasteiger charge is -2.34. The molecule has 0 fully saturated rings. The number of hydrogen-bond acceptors (Lipinski definition) is 0. The second-order valence-corrected chi connectivity index (χ2v) is 19.9. The molecule has 12 rings (SSSR count). The van der Waals surface area contributed by atoms with Crippen molar-refractivity contribution in [3.63, 3.8) is 0 Å². The summed E-state index contributed by atoms with van der Waals surface area (Å²) in [6.07, 6.45) is 0. The molecule has 0 amide bonds. The van der Waals surface area contributed by atoms with Crippen molar-refractivity contribution in [2.45, 2.75) is 0 Å². The molecule has 3 heteroatoms. The molecule has 0 N–H and O–H groups in total. The summed E-state index contributed by atoms with van der Waals surface area (Å²) >= 11 is 0. The van der Waals surface area contributed by atoms with Crippen LogP contribution in [-0.4, -0.2) is 17.2 Å². The third-order valence-corrected chi connectivity index (χ3v) is 17.6. The van der Waals surface area contributed by atoms with Gasteiger partial charge in [0.05, 0.1) is 22.1 Å². The van der Waals surface area contributed by atoms with E-state index >= 15 is 0 Å². The molecular formula is C58H40N2Si. The van der Waals surface area contributed by atoms with Crippen LogP contribution in [0.1, 0.15) is 0 Å². The Morgan fingerprint density at radius 3 is 1.21 bits per heavy atom. The minimum Gasteiger partial charge on any atom is -0.309 e. The molecule has 2 heterocycles. The van der Waals surface area contributed by atoms with Crippen LogP contribution < -0.4 is 20.7 Å². The number of para-hydroxylation sites is 2. The number of fused-ring (bicyclic) bond motifs is 7. The molecule has 61 heavy (non-hydrogen) atoms. The first-order valence-corrected chi connectivity index (χ1v) is 23.1. The van der Waals surface area contributed by atoms with Crippen molar-refractivity contribution in [2.75, 3.05) is 0 Å². The van der Waals surface area contributed by atoms with E-state index < -0.39 is 8.07 Å². The van der Waals surface area contributed by atoms with Gasteiger partial charge in [-0.05, 0) is 103 Å². The van der Waals surface area contributed by atoms with E-state index in [4.69, 9.17) is 0 Å². The Kier molecular flexibility index (Phi) is 8.22. The highest BCUT2D eigenvalue weighted by Gasteiger charge is 2.41. The van der Waals surface area contributed by atoms with Crippen molar-refractivity contribution in [3.8, 4) is 22.5 Å². The second kappa shape index (κ2) is 14.2. The van der Waals surface area contributed by atoms with Gasteiger partial charge in [-0.2, -0.15) is 0 Å². The molecule has 0 aliphatic rings. The maximum absolute atomic E-state index is 2.72. The fourth-order valence-electron chi connectivity index (χ4n) is 10.1. The summed E-state index contributed by atoms with van der Waals surface area (Å²) in [4.78, 5) is 0. The second-order valence-electron chi connectivity index (χ2n) is 16.1. The van der Waals surface area contributed by atoms with Crippen LogP contribution in [0, 0.1) is 0 Å². The third kappa shape index (κ3) is 5.55. The monoisotopic (exact) mass is 792 g/mol. The molecule has 0 unspecified atom stereocenters. The zero-order valence-electron chi connectivity index (χ0n) is 33.5. The van der Waals surface area contributed by atoms with Crippen LogP contribution in [0.4, 0.5) is 0 Å². The quantitative estimate of drug-likeness (QED) is 0.112. The van der Waals surface area contributed by atoms with E-state index in [1.165, 1.54) is 97.6 Å². The molecule has 0 atom stereocenters. The summed E-state index contributed by atoms with van der Waals surface area (Å²) in [7, 11) is -2.72. The van der Waals surface area contributed by atoms with Crippen LogP contribution in [0.25, 0.3) is 76.9 Å². The summed E-state index contributed by atoms with van der Waals surface area (Å²) in [6.45, 7) is 0. The zero-order valence-corrected chi connectivity index (χ0v) is 34.5. The van der Waals surface area contributed by atoms with Crippen molar-refractivity contribution in [1.29, 1.82) is 0 Å². The van der Waals surface area contributed by atoms with Gasteiger partial charge in [-0.3, -0.25) is 0 Å². The molecular weight excluding hydrogens is 753 g/mol. The van der Waals surface area contributed by atoms with Crippen molar-refractivity contribution < 1.29 is 0 Å². The summed E-state index contributed by atoms with van der Waals surface area (Å²) in [5, 5.41) is 13.0. The van der Waals surface area contributed by atoms with Gasteiger partial charge in [-0.25, -0.2) is 0 Å². The smallest absolute Gasteiger partial charge is 0.179 e. The van der Waals surface area contributed by atoms with E-state index in [9.17, 15) is 0 Å². The van der Waals surface area contributed by atoms with Crippen molar-refractivity contribution in [1.82, 2.24) is 9.13 Å². The van der Waals surface area contributed by atoms with E-state index in [1.54, 1.807) is 0 Å². The zero-order chi connectivity index (χ0) is 40.3. The molecule has 286 valence electrons. The number of aromatic nitrogens is 2. The van der Waals surface area contributed by atoms with Gasteiger partial charge in [0, 0.05) is 32.9 Å². The molecule has 0 saturated carbocycles. The van der Waals surface area contributed by atoms with Crippen LogP contribution in [0.3, 0.4) is 0 Å². The average molecular weight is 793 g/mol. The summed E-state index contributed by atoms with van der Waals surface area (Å²) in [5.74, 6) is 0. The highest BCUT2D eigenvalue weighted by Crippen LogP contribution is 2.38. The lowest BCUT2D eigenvalue weighted by molar-refractivity contribution is 1.18. The molecule has 10 aromatic carbocycles. The minimum absolute atomic E-state index is 1.17. The molecule has 2 aromatic heterocycles. The molecule has 2 nitrogen and oxygen atoms in total. The van der Waals surface area contributed by atoms with Gasteiger partial charge in [-0.1, -0.05) is 182 Å². The normalized spacial score (nSPS) is 11.9. The Morgan fingerprint density at radius 2 is 0.672 bits per heavy atom. The Balaban J connectivity index is 1.03. The van der Waals surface area contributed by atoms with E-state index in [2.05, 4.69) is 252 Å². The number of hydrogen-bond donors (Lipinski definition) is 0. The number of rotatable bonds is 7. The van der Waals surface area contributed by atoms with Gasteiger partial charge in [0.25, 0.3) is 0 Å². The SMILES string of the molecule is c1ccc([Si](c2ccccc2)(c2ccccc2)c2cccc(-n3c4ccccc4c4cc(-c5ccc6c(c5)c5ccccc5n6-c5ccc6ccccc6c5)ccc43)c2)cc1. The molecule has 0 spiro atoms. The standard InChI is InChI=1S/C58H40N2Si/c1-4-20-47(21-5-1)61(48-22-6-2-7-23-48,49-24-8-3-9-25-49)50-26-16-19-45(40-50)59-55-29-14-12-27-51(55)53-38-43(32-35-57(53)59)44-33-36-58-54(39-44)52-28-13-15-30-56(52)60(58)46-34-31-41-17-10-11-18-42(41)37-46/h1-40H. The Morgan fingerprint density at radius 1 is 0.246 bits per heavy atom. The van der Waals surface area contributed by atoms with Gasteiger partial charge < -0.3 is 9.13 Å². The molecule has 0 aliphatic heterocycles. The van der Waals surface area contributed by atoms with Gasteiger partial charge in [-0.15, -0.1) is 0 Å². The third-order valence-electron chi connectivity index (χ3n) is 12.8. The van der Waals surface area contributed by atoms with E-state index in [-0.39, 0.29) is 0 Å². The maximum atomic E-state index is 2.47. The molecule has 0 bridgehead atoms. The average Bonchev–Trinajstić information content (AvgIpc) is 3.85. The summed E-state index contributed by atoms with van der Waals surface area (Å²) < 4.78 is 4.88. The predicted octanol–water partition coefficient (Wildman–Crippen LogP) is 12.1. The van der Waals surface area contributed by atoms with Gasteiger partial charge >= 0.3 is 0 Å². The predicted molar refractivity (Wildman–Crippen MR) is 262 cm³/mol. The van der Waals surface area contributed by atoms with Crippen molar-refractivity contribution in [3.05, 3.63) is 243 Å². The first kappa shape index (κ1) is 35.2. The van der Waals surface area contributed by atoms with Crippen molar-refractivity contribution in [2.24, 2.45) is 0 Å². The van der Waals surface area contributed by atoms with E-state index in [1.807, 2.05) is 0 Å². The maximum Gasteiger partial charge on any atom is 0.179 e. The fourth-order valence-corrected chi connectivity index (χ4v) is 14.9. The van der Waals surface area contributed by atoms with Crippen LogP contribution in [0.5, 0.6) is 0 Å². The summed E-state index contributed by atoms with van der Waals surface area (Å²) in [5.41, 5.74) is 9.57. The minimum atomic E-state index is -2.72. The molecule has 0 aliphatic carbocycles. The molecule has 12 aromatic rings. The number of benzene rings is 10. The largest absolute Gasteiger partial charge is 0.309 e. The highest BCUT2D eigenvalue weighted by molar-refractivity contribution is 7.19. The van der Waals surface area contributed by atoms with E-state index in [0.717, 1.165) is 0 Å². The lowest BCUT2D eigenvalue weighted by Crippen LogP contribution is -2.74. The first-order chi connectivity index (χ1) is 30.3. The van der Waals surface area contributed by atoms with Gasteiger partial charge in [0.15, 0.2) is 8.07 Å². The van der Waals surface area contributed by atoms with E-state index in [0.29, 0.717) is 0 Å². The Hall–Kier alpha value is -7.72. The van der Waals surface area contributed by atoms with Crippen molar-refractivity contribution >= 4 is 83.2 Å². The van der Waals surface area contributed by atoms with Crippen LogP contribution >= 0.6 is 0 Å². The van der Waals surface area contributed by atoms with Gasteiger partial charge in [0.2, 0.25) is 0 Å². The highest BCUT2D eigenvalue weighted by atomic mass is 28.3. The van der Waals surface area contributed by atoms with Gasteiger partial charge in [0.1, 0.15) is 0 Å². The molecule has 0 saturated heterocycles. The topological polar surface area (TPSA) is 9.86 Å². The van der Waals surface area contributed by atoms with Crippen LogP contribution in [-0.2, 0) is 0 Å². The first-order valence-electron chi connectivity index (χ1n) is 21.1. The Bertz CT molecular complexity index is 3490. The number of nitrogens with zero attached hydrogens (tertiary/aromatic N) is 2. The van der Waals surface area contributed by atoms with Crippen LogP contribution in [0.15, 0.2) is 243 Å². The van der Waals surface area contributed by atoms with Crippen LogP contribution in [0.2, 0.25) is 0 Å². The fraction of sp³-hybridized carbons (Fsp3) is 0. The Labute approximate surface area is 355 Å².